The summed E-state index contributed by atoms with van der Waals surface area (Å²) < 4.78 is 8.99. The fraction of sp³-hybridized carbons (Fsp3) is 0.300. The number of imidazole rings is 1. The van der Waals surface area contributed by atoms with Crippen LogP contribution in [0, 0.1) is 11.3 Å². The fourth-order valence-corrected chi connectivity index (χ4v) is 5.02. The third kappa shape index (κ3) is 5.55. The second-order valence-corrected chi connectivity index (χ2v) is 10.5. The van der Waals surface area contributed by atoms with Crippen molar-refractivity contribution in [2.24, 2.45) is 0 Å². The number of nitrogens with two attached hydrogens (primary N) is 1. The van der Waals surface area contributed by atoms with Crippen LogP contribution in [0.25, 0.3) is 16.9 Å². The molecule has 41 heavy (non-hydrogen) atoms. The van der Waals surface area contributed by atoms with Crippen LogP contribution in [0.15, 0.2) is 77.4 Å². The molecule has 4 aromatic rings. The highest BCUT2D eigenvalue weighted by Gasteiger charge is 2.31. The number of rotatable bonds is 7. The van der Waals surface area contributed by atoms with Crippen molar-refractivity contribution in [1.29, 1.82) is 5.26 Å². The normalized spacial score (nSPS) is 16.0. The topological polar surface area (TPSA) is 144 Å². The van der Waals surface area contributed by atoms with Gasteiger partial charge in [0, 0.05) is 18.6 Å². The van der Waals surface area contributed by atoms with E-state index in [9.17, 15) is 14.9 Å². The molecule has 2 aromatic carbocycles. The number of fused-ring (bicyclic) bond motifs is 1. The molecule has 0 spiro atoms. The molecular weight excluding hydrogens is 520 g/mol. The molecule has 2 aromatic heterocycles. The summed E-state index contributed by atoms with van der Waals surface area (Å²) >= 11 is 0. The lowest BCUT2D eigenvalue weighted by Crippen LogP contribution is -2.44. The Morgan fingerprint density at radius 3 is 2.54 bits per heavy atom. The molecule has 0 bridgehead atoms. The van der Waals surface area contributed by atoms with Crippen LogP contribution in [0.3, 0.4) is 0 Å². The number of hydrogen-bond acceptors (Lipinski definition) is 8. The quantitative estimate of drug-likeness (QED) is 0.262. The number of likely N-dealkylation sites (tertiary alicyclic amines) is 1. The first-order valence-electron chi connectivity index (χ1n) is 13.4. The van der Waals surface area contributed by atoms with E-state index in [0.29, 0.717) is 47.7 Å². The first-order valence-corrected chi connectivity index (χ1v) is 13.4. The zero-order chi connectivity index (χ0) is 29.1. The second kappa shape index (κ2) is 11.3. The number of hydrogen-bond donors (Lipinski definition) is 2. The number of carbonyl (C=O) groups is 1. The van der Waals surface area contributed by atoms with Gasteiger partial charge in [-0.15, -0.1) is 0 Å². The number of nitrogen functional groups attached to an aromatic ring is 1. The molecule has 3 heterocycles. The van der Waals surface area contributed by atoms with Gasteiger partial charge in [-0.1, -0.05) is 18.2 Å². The number of likely N-dealkylation sites (N-methyl/N-ethyl adjacent to an activating group) is 1. The van der Waals surface area contributed by atoms with Gasteiger partial charge in [-0.3, -0.25) is 13.9 Å². The van der Waals surface area contributed by atoms with Crippen LogP contribution >= 0.6 is 0 Å². The van der Waals surface area contributed by atoms with Crippen LogP contribution in [0.4, 0.5) is 5.82 Å². The van der Waals surface area contributed by atoms with E-state index in [-0.39, 0.29) is 35.6 Å². The summed E-state index contributed by atoms with van der Waals surface area (Å²) in [6.45, 7) is 4.51. The largest absolute Gasteiger partial charge is 0.457 e. The zero-order valence-electron chi connectivity index (χ0n) is 23.2. The first-order chi connectivity index (χ1) is 19.7. The maximum absolute atomic E-state index is 14.0. The molecule has 1 fully saturated rings. The summed E-state index contributed by atoms with van der Waals surface area (Å²) in [4.78, 5) is 37.6. The highest BCUT2D eigenvalue weighted by molar-refractivity contribution is 5.97. The lowest BCUT2D eigenvalue weighted by molar-refractivity contribution is -0.128. The predicted molar refractivity (Wildman–Crippen MR) is 156 cm³/mol. The lowest BCUT2D eigenvalue weighted by atomic mass is 9.99. The highest BCUT2D eigenvalue weighted by atomic mass is 16.5. The lowest BCUT2D eigenvalue weighted by Gasteiger charge is -2.33. The van der Waals surface area contributed by atoms with Gasteiger partial charge in [0.15, 0.2) is 11.5 Å². The molecule has 1 aliphatic rings. The Morgan fingerprint density at radius 1 is 1.15 bits per heavy atom. The summed E-state index contributed by atoms with van der Waals surface area (Å²) in [5.41, 5.74) is 6.83. The summed E-state index contributed by atoms with van der Waals surface area (Å²) in [5, 5.41) is 12.8. The van der Waals surface area contributed by atoms with E-state index in [2.05, 4.69) is 15.3 Å². The smallest absolute Gasteiger partial charge is 0.335 e. The Kier molecular flexibility index (Phi) is 7.59. The third-order valence-electron chi connectivity index (χ3n) is 7.30. The maximum Gasteiger partial charge on any atom is 0.335 e. The van der Waals surface area contributed by atoms with Gasteiger partial charge in [0.05, 0.1) is 11.7 Å². The number of aromatic nitrogens is 4. The second-order valence-electron chi connectivity index (χ2n) is 10.5. The summed E-state index contributed by atoms with van der Waals surface area (Å²) in [7, 11) is 1.77. The molecule has 0 saturated carbocycles. The number of anilines is 1. The standard InChI is InChI=1S/C30H32N8O3/c1-30(2,33-3)16-20(17-31)28(39)36-15-7-8-22(18-36)38-27-25(26(32)34-19-35-27)37(29(38)40)21-11-13-24(14-12-21)41-23-9-5-4-6-10-23/h4-6,9-14,16,19,22,33H,7-8,15,18H2,1-3H3,(H2,32,34,35)/t22-/m0/s1. The van der Waals surface area contributed by atoms with Gasteiger partial charge in [0.2, 0.25) is 0 Å². The van der Waals surface area contributed by atoms with Crippen LogP contribution in [-0.2, 0) is 4.79 Å². The van der Waals surface area contributed by atoms with E-state index < -0.39 is 5.54 Å². The minimum Gasteiger partial charge on any atom is -0.457 e. The third-order valence-corrected chi connectivity index (χ3v) is 7.30. The highest BCUT2D eigenvalue weighted by Crippen LogP contribution is 2.29. The van der Waals surface area contributed by atoms with Crippen LogP contribution in [0.1, 0.15) is 32.7 Å². The molecule has 1 atom stereocenters. The molecule has 1 amide bonds. The van der Waals surface area contributed by atoms with Crippen LogP contribution in [0.5, 0.6) is 11.5 Å². The minimum absolute atomic E-state index is 0.0594. The van der Waals surface area contributed by atoms with E-state index >= 15 is 0 Å². The summed E-state index contributed by atoms with van der Waals surface area (Å²) in [5.74, 6) is 1.13. The maximum atomic E-state index is 14.0. The van der Waals surface area contributed by atoms with Gasteiger partial charge in [-0.25, -0.2) is 14.8 Å². The first kappa shape index (κ1) is 27.6. The van der Waals surface area contributed by atoms with Gasteiger partial charge in [0.1, 0.15) is 35.0 Å². The number of nitrogens with zero attached hydrogens (tertiary/aromatic N) is 6. The number of carbonyl (C=O) groups excluding carboxylic acids is 1. The monoisotopic (exact) mass is 552 g/mol. The minimum atomic E-state index is -0.531. The fourth-order valence-electron chi connectivity index (χ4n) is 5.02. The number of amides is 1. The van der Waals surface area contributed by atoms with E-state index in [1.165, 1.54) is 10.9 Å². The summed E-state index contributed by atoms with van der Waals surface area (Å²) in [6, 6.07) is 18.2. The van der Waals surface area contributed by atoms with Crippen molar-refractivity contribution in [3.8, 4) is 23.3 Å². The van der Waals surface area contributed by atoms with Crippen LogP contribution in [-0.4, -0.2) is 55.6 Å². The molecule has 11 heteroatoms. The van der Waals surface area contributed by atoms with Gasteiger partial charge in [0.25, 0.3) is 5.91 Å². The Hall–Kier alpha value is -4.95. The predicted octanol–water partition coefficient (Wildman–Crippen LogP) is 3.57. The van der Waals surface area contributed by atoms with Gasteiger partial charge in [-0.2, -0.15) is 5.26 Å². The molecule has 0 radical (unpaired) electrons. The van der Waals surface area contributed by atoms with Gasteiger partial charge in [-0.05, 0) is 76.2 Å². The molecular formula is C30H32N8O3. The molecule has 0 unspecified atom stereocenters. The number of para-hydroxylation sites is 1. The van der Waals surface area contributed by atoms with Crippen LogP contribution in [0.2, 0.25) is 0 Å². The van der Waals surface area contributed by atoms with Gasteiger partial charge >= 0.3 is 5.69 Å². The van der Waals surface area contributed by atoms with Crippen molar-refractivity contribution in [1.82, 2.24) is 29.3 Å². The number of nitriles is 1. The molecule has 5 rings (SSSR count). The zero-order valence-corrected chi connectivity index (χ0v) is 23.2. The van der Waals surface area contributed by atoms with Crippen LogP contribution < -0.4 is 21.5 Å². The molecule has 11 nitrogen and oxygen atoms in total. The van der Waals surface area contributed by atoms with Crippen molar-refractivity contribution in [3.05, 3.63) is 83.1 Å². The van der Waals surface area contributed by atoms with E-state index in [0.717, 1.165) is 0 Å². The molecule has 1 saturated heterocycles. The molecule has 210 valence electrons. The van der Waals surface area contributed by atoms with Gasteiger partial charge < -0.3 is 20.7 Å². The SMILES string of the molecule is CNC(C)(C)C=C(C#N)C(=O)N1CCC[C@H](n2c(=O)n(-c3ccc(Oc4ccccc4)cc3)c3c(N)ncnc32)C1. The van der Waals surface area contributed by atoms with E-state index in [1.807, 2.05) is 50.2 Å². The molecule has 3 N–H and O–H groups in total. The Morgan fingerprint density at radius 2 is 1.85 bits per heavy atom. The Balaban J connectivity index is 1.50. The Bertz CT molecular complexity index is 1700. The molecule has 0 aliphatic carbocycles. The van der Waals surface area contributed by atoms with E-state index in [4.69, 9.17) is 10.5 Å². The number of benzene rings is 2. The summed E-state index contributed by atoms with van der Waals surface area (Å²) in [6.07, 6.45) is 4.28. The van der Waals surface area contributed by atoms with Crippen molar-refractivity contribution in [3.63, 3.8) is 0 Å². The average molecular weight is 553 g/mol. The van der Waals surface area contributed by atoms with E-state index in [1.54, 1.807) is 46.9 Å². The van der Waals surface area contributed by atoms with Crippen molar-refractivity contribution in [2.75, 3.05) is 25.9 Å². The number of ether oxygens (including phenoxy) is 1. The number of nitrogens with one attached hydrogen (secondary N) is 1. The number of piperidine rings is 1. The van der Waals surface area contributed by atoms with Crippen molar-refractivity contribution >= 4 is 22.9 Å². The molecule has 1 aliphatic heterocycles. The van der Waals surface area contributed by atoms with Crippen molar-refractivity contribution < 1.29 is 9.53 Å². The average Bonchev–Trinajstić information content (AvgIpc) is 3.29. The Labute approximate surface area is 237 Å². The van der Waals surface area contributed by atoms with Crippen molar-refractivity contribution in [2.45, 2.75) is 38.3 Å².